The van der Waals surface area contributed by atoms with E-state index in [-0.39, 0.29) is 0 Å². The third kappa shape index (κ3) is 1.17. The molecular formula is C18H9NO2S. The molecule has 4 heteroatoms. The largest absolute Gasteiger partial charge is 0.453 e. The number of ether oxygens (including phenoxy) is 2. The van der Waals surface area contributed by atoms with E-state index in [2.05, 4.69) is 17.0 Å². The van der Waals surface area contributed by atoms with Gasteiger partial charge in [0.2, 0.25) is 0 Å². The second-order valence-electron chi connectivity index (χ2n) is 5.45. The van der Waals surface area contributed by atoms with Crippen molar-refractivity contribution in [2.24, 2.45) is 0 Å². The lowest BCUT2D eigenvalue weighted by atomic mass is 10.1. The molecule has 0 unspecified atom stereocenters. The Balaban J connectivity index is 1.80. The molecule has 0 atom stereocenters. The fourth-order valence-corrected chi connectivity index (χ4v) is 4.46. The molecule has 0 aromatic heterocycles. The average molecular weight is 303 g/mol. The highest BCUT2D eigenvalue weighted by atomic mass is 32.2. The van der Waals surface area contributed by atoms with Gasteiger partial charge in [-0.05, 0) is 36.4 Å². The third-order valence-electron chi connectivity index (χ3n) is 4.22. The minimum absolute atomic E-state index is 0.842. The van der Waals surface area contributed by atoms with Crippen molar-refractivity contribution in [1.82, 2.24) is 0 Å². The maximum absolute atomic E-state index is 6.11. The van der Waals surface area contributed by atoms with E-state index < -0.39 is 0 Å². The van der Waals surface area contributed by atoms with Gasteiger partial charge in [0, 0.05) is 9.79 Å². The van der Waals surface area contributed by atoms with E-state index in [0.717, 1.165) is 40.1 Å². The molecule has 0 N–H and O–H groups in total. The van der Waals surface area contributed by atoms with Crippen molar-refractivity contribution in [3.05, 3.63) is 54.6 Å². The summed E-state index contributed by atoms with van der Waals surface area (Å²) in [6.45, 7) is 0. The van der Waals surface area contributed by atoms with Gasteiger partial charge < -0.3 is 9.47 Å². The highest BCUT2D eigenvalue weighted by molar-refractivity contribution is 7.99. The Morgan fingerprint density at radius 2 is 1.05 bits per heavy atom. The molecule has 0 spiro atoms. The van der Waals surface area contributed by atoms with Gasteiger partial charge >= 0.3 is 0 Å². The van der Waals surface area contributed by atoms with Crippen molar-refractivity contribution in [1.29, 1.82) is 0 Å². The van der Waals surface area contributed by atoms with Crippen molar-refractivity contribution < 1.29 is 9.47 Å². The van der Waals surface area contributed by atoms with Gasteiger partial charge in [-0.2, -0.15) is 0 Å². The van der Waals surface area contributed by atoms with E-state index in [1.165, 1.54) is 9.79 Å². The first kappa shape index (κ1) is 11.0. The Morgan fingerprint density at radius 3 is 1.59 bits per heavy atom. The zero-order chi connectivity index (χ0) is 14.3. The first-order valence-electron chi connectivity index (χ1n) is 7.13. The molecule has 3 aliphatic heterocycles. The van der Waals surface area contributed by atoms with E-state index >= 15 is 0 Å². The summed E-state index contributed by atoms with van der Waals surface area (Å²) in [5, 5.41) is 0. The van der Waals surface area contributed by atoms with Crippen LogP contribution in [-0.4, -0.2) is 0 Å². The lowest BCUT2D eigenvalue weighted by Crippen LogP contribution is -2.23. The summed E-state index contributed by atoms with van der Waals surface area (Å²) in [4.78, 5) is 4.72. The number of hydrogen-bond donors (Lipinski definition) is 0. The summed E-state index contributed by atoms with van der Waals surface area (Å²) in [5.74, 6) is 3.48. The van der Waals surface area contributed by atoms with Crippen molar-refractivity contribution in [2.45, 2.75) is 9.79 Å². The van der Waals surface area contributed by atoms with Crippen LogP contribution in [0.2, 0.25) is 0 Å². The Kier molecular flexibility index (Phi) is 1.80. The first-order chi connectivity index (χ1) is 10.9. The quantitative estimate of drug-likeness (QED) is 0.352. The molecule has 22 heavy (non-hydrogen) atoms. The van der Waals surface area contributed by atoms with Crippen LogP contribution in [0.5, 0.6) is 23.0 Å². The fourth-order valence-electron chi connectivity index (χ4n) is 3.35. The highest BCUT2D eigenvalue weighted by Gasteiger charge is 2.39. The molecule has 0 aliphatic carbocycles. The van der Waals surface area contributed by atoms with Crippen LogP contribution >= 0.6 is 11.8 Å². The average Bonchev–Trinajstić information content (AvgIpc) is 2.55. The predicted molar refractivity (Wildman–Crippen MR) is 85.4 cm³/mol. The van der Waals surface area contributed by atoms with E-state index in [4.69, 9.17) is 9.47 Å². The molecule has 3 aromatic carbocycles. The third-order valence-corrected chi connectivity index (χ3v) is 5.32. The SMILES string of the molecule is c1cc2c3c(c1)Oc1cccc4c1N3c1c(cccc1S4)O2. The second-order valence-corrected chi connectivity index (χ2v) is 6.53. The number of nitrogens with zero attached hydrogens (tertiary/aromatic N) is 1. The van der Waals surface area contributed by atoms with Crippen molar-refractivity contribution in [3.8, 4) is 23.0 Å². The number of para-hydroxylation sites is 3. The topological polar surface area (TPSA) is 21.7 Å². The molecule has 6 rings (SSSR count). The maximum Gasteiger partial charge on any atom is 0.155 e. The Hall–Kier alpha value is -2.59. The molecule has 3 heterocycles. The van der Waals surface area contributed by atoms with Crippen LogP contribution in [0.25, 0.3) is 0 Å². The summed E-state index contributed by atoms with van der Waals surface area (Å²) in [7, 11) is 0. The predicted octanol–water partition coefficient (Wildman–Crippen LogP) is 5.83. The van der Waals surface area contributed by atoms with Crippen LogP contribution in [0.4, 0.5) is 17.1 Å². The van der Waals surface area contributed by atoms with E-state index in [1.54, 1.807) is 11.8 Å². The Labute approximate surface area is 131 Å². The van der Waals surface area contributed by atoms with Gasteiger partial charge in [-0.3, -0.25) is 4.90 Å². The summed E-state index contributed by atoms with van der Waals surface area (Å²) in [5.41, 5.74) is 3.24. The normalized spacial score (nSPS) is 14.8. The lowest BCUT2D eigenvalue weighted by molar-refractivity contribution is 0.443. The zero-order valence-corrected chi connectivity index (χ0v) is 12.2. The smallest absolute Gasteiger partial charge is 0.155 e. The van der Waals surface area contributed by atoms with Gasteiger partial charge in [-0.1, -0.05) is 30.0 Å². The number of anilines is 3. The zero-order valence-electron chi connectivity index (χ0n) is 11.4. The first-order valence-corrected chi connectivity index (χ1v) is 7.94. The van der Waals surface area contributed by atoms with Gasteiger partial charge in [0.1, 0.15) is 17.1 Å². The number of benzene rings is 3. The second kappa shape index (κ2) is 3.59. The van der Waals surface area contributed by atoms with Crippen molar-refractivity contribution >= 4 is 28.8 Å². The molecule has 0 saturated heterocycles. The van der Waals surface area contributed by atoms with Crippen LogP contribution in [0.3, 0.4) is 0 Å². The van der Waals surface area contributed by atoms with E-state index in [9.17, 15) is 0 Å². The molecule has 0 radical (unpaired) electrons. The van der Waals surface area contributed by atoms with Gasteiger partial charge in [0.25, 0.3) is 0 Å². The maximum atomic E-state index is 6.11. The molecular weight excluding hydrogens is 294 g/mol. The van der Waals surface area contributed by atoms with Crippen LogP contribution in [0, 0.1) is 0 Å². The van der Waals surface area contributed by atoms with Gasteiger partial charge in [0.15, 0.2) is 23.0 Å². The monoisotopic (exact) mass is 303 g/mol. The molecule has 0 amide bonds. The summed E-state index contributed by atoms with van der Waals surface area (Å²) >= 11 is 1.77. The molecule has 3 aliphatic rings. The van der Waals surface area contributed by atoms with Gasteiger partial charge in [-0.25, -0.2) is 0 Å². The van der Waals surface area contributed by atoms with Gasteiger partial charge in [-0.15, -0.1) is 0 Å². The van der Waals surface area contributed by atoms with E-state index in [1.807, 2.05) is 42.5 Å². The summed E-state index contributed by atoms with van der Waals surface area (Å²) in [6.07, 6.45) is 0. The fraction of sp³-hybridized carbons (Fsp3) is 0. The number of rotatable bonds is 0. The highest BCUT2D eigenvalue weighted by Crippen LogP contribution is 2.66. The molecule has 3 nitrogen and oxygen atoms in total. The Morgan fingerprint density at radius 1 is 0.591 bits per heavy atom. The molecule has 0 fully saturated rings. The molecule has 3 aromatic rings. The standard InChI is InChI=1S/C18H9NO2S/c1-4-10-16-11(5-1)21-13-7-3-9-15-18(13)19(16)17-12(20-10)6-2-8-14(17)22-15/h1-9H. The lowest BCUT2D eigenvalue weighted by Gasteiger charge is -2.41. The summed E-state index contributed by atoms with van der Waals surface area (Å²) < 4.78 is 12.2. The number of hydrogen-bond acceptors (Lipinski definition) is 4. The Bertz CT molecular complexity index is 795. The van der Waals surface area contributed by atoms with Crippen molar-refractivity contribution in [2.75, 3.05) is 4.90 Å². The molecule has 104 valence electrons. The minimum Gasteiger partial charge on any atom is -0.453 e. The van der Waals surface area contributed by atoms with Crippen LogP contribution < -0.4 is 14.4 Å². The minimum atomic E-state index is 0.842. The van der Waals surface area contributed by atoms with Crippen molar-refractivity contribution in [3.63, 3.8) is 0 Å². The molecule has 0 saturated carbocycles. The van der Waals surface area contributed by atoms with E-state index in [0.29, 0.717) is 0 Å². The van der Waals surface area contributed by atoms with Crippen LogP contribution in [-0.2, 0) is 0 Å². The molecule has 0 bridgehead atoms. The van der Waals surface area contributed by atoms with Gasteiger partial charge in [0.05, 0.1) is 0 Å². The van der Waals surface area contributed by atoms with Crippen LogP contribution in [0.1, 0.15) is 0 Å². The summed E-state index contributed by atoms with van der Waals surface area (Å²) in [6, 6.07) is 18.4. The van der Waals surface area contributed by atoms with Crippen LogP contribution in [0.15, 0.2) is 64.4 Å².